The molecule has 0 saturated carbocycles. The summed E-state index contributed by atoms with van der Waals surface area (Å²) >= 11 is 0. The zero-order valence-electron chi connectivity index (χ0n) is 35.0. The third kappa shape index (κ3) is 20.7. The van der Waals surface area contributed by atoms with Gasteiger partial charge in [0, 0.05) is 26.1 Å². The first-order valence-corrected chi connectivity index (χ1v) is 20.6. The van der Waals surface area contributed by atoms with Gasteiger partial charge in [0.2, 0.25) is 29.5 Å². The Morgan fingerprint density at radius 1 is 0.613 bits per heavy atom. The van der Waals surface area contributed by atoms with E-state index in [9.17, 15) is 39.0 Å². The van der Waals surface area contributed by atoms with Crippen molar-refractivity contribution in [2.24, 2.45) is 55.1 Å². The van der Waals surface area contributed by atoms with E-state index in [1.54, 1.807) is 12.1 Å². The number of nitrogens with zero attached hydrogens (tertiary/aromatic N) is 3. The second kappa shape index (κ2) is 28.2. The van der Waals surface area contributed by atoms with Crippen molar-refractivity contribution in [2.45, 2.75) is 113 Å². The van der Waals surface area contributed by atoms with Crippen molar-refractivity contribution in [2.75, 3.05) is 32.7 Å². The fraction of sp³-hybridized carbons (Fsp3) is 0.605. The molecule has 6 atom stereocenters. The van der Waals surface area contributed by atoms with Gasteiger partial charge in [0.05, 0.1) is 6.04 Å². The van der Waals surface area contributed by atoms with Crippen molar-refractivity contribution in [1.29, 1.82) is 0 Å². The molecule has 0 bridgehead atoms. The Morgan fingerprint density at radius 3 is 1.44 bits per heavy atom. The maximum atomic E-state index is 14.1. The van der Waals surface area contributed by atoms with Crippen LogP contribution in [0.5, 0.6) is 5.75 Å². The average Bonchev–Trinajstić information content (AvgIpc) is 3.76. The number of aliphatic imine (C=N–C) groups is 3. The van der Waals surface area contributed by atoms with Crippen LogP contribution in [0.3, 0.4) is 0 Å². The molecule has 1 aliphatic heterocycles. The van der Waals surface area contributed by atoms with Crippen LogP contribution >= 0.6 is 0 Å². The van der Waals surface area contributed by atoms with E-state index >= 15 is 0 Å². The topological polar surface area (TPSA) is 434 Å². The summed E-state index contributed by atoms with van der Waals surface area (Å²) in [5.41, 5.74) is 38.9. The largest absolute Gasteiger partial charge is 0.508 e. The van der Waals surface area contributed by atoms with Gasteiger partial charge in [0.1, 0.15) is 36.0 Å². The smallest absolute Gasteiger partial charge is 0.326 e. The average molecular weight is 875 g/mol. The molecule has 62 heavy (non-hydrogen) atoms. The Morgan fingerprint density at radius 2 is 1.03 bits per heavy atom. The molecule has 0 aromatic heterocycles. The molecule has 1 aliphatic rings. The van der Waals surface area contributed by atoms with Crippen LogP contribution < -0.4 is 72.0 Å². The van der Waals surface area contributed by atoms with E-state index in [0.717, 1.165) is 6.42 Å². The molecule has 1 aromatic carbocycles. The third-order valence-corrected chi connectivity index (χ3v) is 9.68. The Labute approximate surface area is 360 Å². The van der Waals surface area contributed by atoms with Crippen LogP contribution in [0.1, 0.15) is 76.2 Å². The van der Waals surface area contributed by atoms with E-state index in [0.29, 0.717) is 37.9 Å². The summed E-state index contributed by atoms with van der Waals surface area (Å²) in [7, 11) is 0. The first-order valence-electron chi connectivity index (χ1n) is 20.6. The molecule has 1 fully saturated rings. The van der Waals surface area contributed by atoms with Gasteiger partial charge in [0.25, 0.3) is 0 Å². The number of benzene rings is 1. The van der Waals surface area contributed by atoms with Gasteiger partial charge in [-0.2, -0.15) is 0 Å². The van der Waals surface area contributed by atoms with Gasteiger partial charge in [-0.05, 0) is 101 Å². The van der Waals surface area contributed by atoms with Gasteiger partial charge in [-0.15, -0.1) is 0 Å². The van der Waals surface area contributed by atoms with Crippen molar-refractivity contribution in [3.8, 4) is 5.75 Å². The zero-order valence-corrected chi connectivity index (χ0v) is 35.0. The summed E-state index contributed by atoms with van der Waals surface area (Å²) in [6.07, 6.45) is 2.90. The number of guanidine groups is 3. The van der Waals surface area contributed by atoms with Crippen molar-refractivity contribution in [3.05, 3.63) is 29.8 Å². The van der Waals surface area contributed by atoms with Gasteiger partial charge in [-0.3, -0.25) is 38.9 Å². The highest BCUT2D eigenvalue weighted by atomic mass is 16.4. The van der Waals surface area contributed by atoms with E-state index in [-0.39, 0.29) is 101 Å². The van der Waals surface area contributed by atoms with Crippen LogP contribution in [-0.2, 0) is 35.2 Å². The Balaban J connectivity index is 2.40. The summed E-state index contributed by atoms with van der Waals surface area (Å²) in [5.74, 6) is -5.33. The van der Waals surface area contributed by atoms with E-state index in [4.69, 9.17) is 40.1 Å². The lowest BCUT2D eigenvalue weighted by molar-refractivity contribution is -0.142. The van der Waals surface area contributed by atoms with E-state index < -0.39 is 65.8 Å². The first-order chi connectivity index (χ1) is 29.5. The van der Waals surface area contributed by atoms with Crippen molar-refractivity contribution in [3.63, 3.8) is 0 Å². The zero-order chi connectivity index (χ0) is 46.0. The minimum Gasteiger partial charge on any atom is -0.508 e. The number of nitrogens with one attached hydrogen (secondary N) is 6. The van der Waals surface area contributed by atoms with Crippen LogP contribution in [0.15, 0.2) is 39.2 Å². The molecule has 0 radical (unpaired) electrons. The van der Waals surface area contributed by atoms with Crippen LogP contribution in [0.2, 0.25) is 0 Å². The lowest BCUT2D eigenvalue weighted by atomic mass is 10.0. The molecule has 22 N–H and O–H groups in total. The number of aliphatic carboxylic acids is 1. The fourth-order valence-electron chi connectivity index (χ4n) is 6.41. The second-order valence-corrected chi connectivity index (χ2v) is 14.8. The van der Waals surface area contributed by atoms with Gasteiger partial charge in [-0.1, -0.05) is 12.1 Å². The predicted octanol–water partition coefficient (Wildman–Crippen LogP) is -4.51. The molecular weight excluding hydrogens is 809 g/mol. The SMILES string of the molecule is NCCCC[C@H](NC(=O)[C@H](Cc1ccc(O)cc1)NC(=O)[C@@H]1CCCN1)C(=O)N[C@@H](CCCN=C(N)N)C(=O)N[C@@H](CCCN=C(N)N)C(=O)N[C@@H](CCCN=C(N)N)C(=O)O. The lowest BCUT2D eigenvalue weighted by Crippen LogP contribution is -2.59. The molecule has 0 unspecified atom stereocenters. The van der Waals surface area contributed by atoms with Crippen LogP contribution in [0, 0.1) is 0 Å². The fourth-order valence-corrected chi connectivity index (χ4v) is 6.41. The Kier molecular flexibility index (Phi) is 23.5. The van der Waals surface area contributed by atoms with Crippen molar-refractivity contribution >= 4 is 53.4 Å². The molecule has 1 saturated heterocycles. The molecule has 346 valence electrons. The molecule has 2 rings (SSSR count). The molecule has 24 nitrogen and oxygen atoms in total. The number of carbonyl (C=O) groups is 6. The lowest BCUT2D eigenvalue weighted by Gasteiger charge is -2.27. The molecular formula is C38H66N16O8. The maximum Gasteiger partial charge on any atom is 0.326 e. The maximum absolute atomic E-state index is 14.1. The van der Waals surface area contributed by atoms with Crippen LogP contribution in [0.25, 0.3) is 0 Å². The van der Waals surface area contributed by atoms with Crippen LogP contribution in [-0.4, -0.2) is 133 Å². The number of carbonyl (C=O) groups excluding carboxylic acids is 5. The van der Waals surface area contributed by atoms with Gasteiger partial charge in [0.15, 0.2) is 17.9 Å². The number of hydrogen-bond donors (Lipinski definition) is 15. The highest BCUT2D eigenvalue weighted by Gasteiger charge is 2.33. The summed E-state index contributed by atoms with van der Waals surface area (Å²) in [4.78, 5) is 92.7. The number of hydrogen-bond acceptors (Lipinski definition) is 12. The molecule has 5 amide bonds. The number of carboxylic acid groups (broad SMARTS) is 1. The molecule has 0 aliphatic carbocycles. The number of nitrogens with two attached hydrogens (primary N) is 7. The highest BCUT2D eigenvalue weighted by Crippen LogP contribution is 2.14. The number of unbranched alkanes of at least 4 members (excludes halogenated alkanes) is 1. The Bertz CT molecular complexity index is 1690. The Hall–Kier alpha value is -6.43. The number of aromatic hydroxyl groups is 1. The molecule has 24 heteroatoms. The summed E-state index contributed by atoms with van der Waals surface area (Å²) < 4.78 is 0. The normalized spacial score (nSPS) is 15.6. The minimum atomic E-state index is -1.36. The van der Waals surface area contributed by atoms with Gasteiger partial charge in [-0.25, -0.2) is 4.79 Å². The number of phenolic OH excluding ortho intramolecular Hbond substituents is 1. The molecule has 1 aromatic rings. The standard InChI is InChI=1S/C38H66N16O8/c39-16-2-1-7-25(52-34(60)29(21-22-12-14-23(55)15-13-22)54-30(56)24-8-3-17-46-24)31(57)50-26(9-4-18-47-36(40)41)32(58)51-27(10-5-19-48-37(42)43)33(59)53-28(35(61)62)11-6-20-49-38(44)45/h12-15,24-29,46,55H,1-11,16-21,39H2,(H,50,57)(H,51,58)(H,52,60)(H,53,59)(H,54,56)(H,61,62)(H4,40,41,47)(H4,42,43,48)(H4,44,45,49)/t24-,25-,26-,27-,28-,29-/m0/s1. The number of carboxylic acids is 1. The monoisotopic (exact) mass is 875 g/mol. The number of rotatable bonds is 29. The third-order valence-electron chi connectivity index (χ3n) is 9.68. The minimum absolute atomic E-state index is 0.0146. The number of amides is 5. The van der Waals surface area contributed by atoms with E-state index in [1.165, 1.54) is 12.1 Å². The van der Waals surface area contributed by atoms with Gasteiger partial charge < -0.3 is 82.2 Å². The second-order valence-electron chi connectivity index (χ2n) is 14.8. The predicted molar refractivity (Wildman–Crippen MR) is 233 cm³/mol. The first kappa shape index (κ1) is 51.7. The summed E-state index contributed by atoms with van der Waals surface area (Å²) in [6.45, 7) is 1.22. The van der Waals surface area contributed by atoms with Crippen molar-refractivity contribution in [1.82, 2.24) is 31.9 Å². The van der Waals surface area contributed by atoms with Crippen LogP contribution in [0.4, 0.5) is 0 Å². The quantitative estimate of drug-likeness (QED) is 0.0205. The molecule has 1 heterocycles. The van der Waals surface area contributed by atoms with E-state index in [2.05, 4.69) is 46.9 Å². The number of phenols is 1. The highest BCUT2D eigenvalue weighted by molar-refractivity contribution is 5.96. The summed E-state index contributed by atoms with van der Waals surface area (Å²) in [5, 5.41) is 36.1. The van der Waals surface area contributed by atoms with Gasteiger partial charge >= 0.3 is 5.97 Å². The van der Waals surface area contributed by atoms with E-state index in [1.807, 2.05) is 0 Å². The summed E-state index contributed by atoms with van der Waals surface area (Å²) in [6, 6.07) is -0.707. The van der Waals surface area contributed by atoms with Crippen molar-refractivity contribution < 1.29 is 39.0 Å². The molecule has 0 spiro atoms.